The number of fused-ring (bicyclic) bond motifs is 2. The molecule has 0 bridgehead atoms. The number of piperidine rings is 2. The Hall–Kier alpha value is -2.99. The van der Waals surface area contributed by atoms with E-state index in [4.69, 9.17) is 0 Å². The lowest BCUT2D eigenvalue weighted by Gasteiger charge is -2.47. The first-order valence-corrected chi connectivity index (χ1v) is 11.2. The molecule has 1 aromatic carbocycles. The number of likely N-dealkylation sites (tertiary alicyclic amines) is 2. The second-order valence-corrected chi connectivity index (χ2v) is 8.70. The normalized spacial score (nSPS) is 21.7. The van der Waals surface area contributed by atoms with Crippen molar-refractivity contribution in [2.75, 3.05) is 26.2 Å². The molecular formula is C25H28N4O2. The summed E-state index contributed by atoms with van der Waals surface area (Å²) in [6, 6.07) is 16.2. The Morgan fingerprint density at radius 1 is 1.03 bits per heavy atom. The molecule has 0 radical (unpaired) electrons. The van der Waals surface area contributed by atoms with Gasteiger partial charge in [0, 0.05) is 44.6 Å². The zero-order valence-electron chi connectivity index (χ0n) is 17.7. The standard InChI is InChI=1S/C25H28N4O2/c30-24(21-17-26-23-10-4-5-13-29(23)25(21)31)28-14-6-9-20-18-27(16-12-22(20)28)15-11-19-7-2-1-3-8-19/h1-5,7-8,10,13,17,20,22H,6,9,11-12,14-16,18H2/t20-,22+/m1/s1. The summed E-state index contributed by atoms with van der Waals surface area (Å²) in [5.74, 6) is 0.307. The topological polar surface area (TPSA) is 57.9 Å². The summed E-state index contributed by atoms with van der Waals surface area (Å²) < 4.78 is 1.46. The van der Waals surface area contributed by atoms with Gasteiger partial charge in [-0.05, 0) is 49.3 Å². The molecule has 0 saturated carbocycles. The minimum atomic E-state index is -0.280. The average Bonchev–Trinajstić information content (AvgIpc) is 2.83. The van der Waals surface area contributed by atoms with Crippen LogP contribution in [0.4, 0.5) is 0 Å². The third kappa shape index (κ3) is 4.00. The maximum atomic E-state index is 13.4. The summed E-state index contributed by atoms with van der Waals surface area (Å²) in [7, 11) is 0. The Balaban J connectivity index is 1.29. The van der Waals surface area contributed by atoms with Gasteiger partial charge in [-0.3, -0.25) is 14.0 Å². The number of amides is 1. The molecule has 6 nitrogen and oxygen atoms in total. The fraction of sp³-hybridized carbons (Fsp3) is 0.400. The van der Waals surface area contributed by atoms with E-state index in [2.05, 4.69) is 40.2 Å². The number of benzene rings is 1. The first-order chi connectivity index (χ1) is 15.2. The molecule has 5 rings (SSSR count). The van der Waals surface area contributed by atoms with Crippen molar-refractivity contribution < 1.29 is 4.79 Å². The molecule has 3 aromatic rings. The van der Waals surface area contributed by atoms with Gasteiger partial charge in [0.15, 0.2) is 0 Å². The van der Waals surface area contributed by atoms with Crippen molar-refractivity contribution in [2.45, 2.75) is 31.7 Å². The van der Waals surface area contributed by atoms with E-state index in [0.717, 1.165) is 51.9 Å². The van der Waals surface area contributed by atoms with Crippen molar-refractivity contribution in [3.8, 4) is 0 Å². The number of aromatic nitrogens is 2. The van der Waals surface area contributed by atoms with E-state index in [0.29, 0.717) is 11.6 Å². The Bertz CT molecular complexity index is 1130. The second-order valence-electron chi connectivity index (χ2n) is 8.70. The molecule has 0 unspecified atom stereocenters. The van der Waals surface area contributed by atoms with Crippen molar-refractivity contribution in [3.05, 3.63) is 82.4 Å². The maximum Gasteiger partial charge on any atom is 0.270 e. The zero-order chi connectivity index (χ0) is 21.2. The predicted molar refractivity (Wildman–Crippen MR) is 120 cm³/mol. The zero-order valence-corrected chi connectivity index (χ0v) is 17.7. The molecule has 2 fully saturated rings. The largest absolute Gasteiger partial charge is 0.335 e. The third-order valence-corrected chi connectivity index (χ3v) is 6.82. The Morgan fingerprint density at radius 2 is 1.87 bits per heavy atom. The molecule has 2 saturated heterocycles. The van der Waals surface area contributed by atoms with Crippen LogP contribution in [0.25, 0.3) is 5.65 Å². The molecule has 2 atom stereocenters. The predicted octanol–water partition coefficient (Wildman–Crippen LogP) is 2.86. The molecule has 6 heteroatoms. The van der Waals surface area contributed by atoms with Crippen molar-refractivity contribution in [2.24, 2.45) is 5.92 Å². The monoisotopic (exact) mass is 416 g/mol. The van der Waals surface area contributed by atoms with E-state index in [1.165, 1.54) is 16.2 Å². The van der Waals surface area contributed by atoms with Gasteiger partial charge in [-0.15, -0.1) is 0 Å². The molecule has 2 aliphatic rings. The van der Waals surface area contributed by atoms with E-state index in [9.17, 15) is 9.59 Å². The number of carbonyl (C=O) groups is 1. The van der Waals surface area contributed by atoms with Gasteiger partial charge in [-0.25, -0.2) is 4.98 Å². The number of nitrogens with zero attached hydrogens (tertiary/aromatic N) is 4. The molecule has 0 spiro atoms. The van der Waals surface area contributed by atoms with Crippen LogP contribution in [-0.4, -0.2) is 57.3 Å². The van der Waals surface area contributed by atoms with Gasteiger partial charge < -0.3 is 9.80 Å². The van der Waals surface area contributed by atoms with Crippen LogP contribution in [0, 0.1) is 5.92 Å². The summed E-state index contributed by atoms with van der Waals surface area (Å²) in [6.45, 7) is 3.79. The first kappa shape index (κ1) is 19.9. The number of hydrogen-bond acceptors (Lipinski definition) is 4. The van der Waals surface area contributed by atoms with Crippen molar-refractivity contribution in [1.82, 2.24) is 19.2 Å². The number of rotatable bonds is 4. The lowest BCUT2D eigenvalue weighted by molar-refractivity contribution is 0.0203. The molecule has 0 aliphatic carbocycles. The lowest BCUT2D eigenvalue weighted by atomic mass is 9.83. The summed E-state index contributed by atoms with van der Waals surface area (Å²) in [5.41, 5.74) is 1.83. The van der Waals surface area contributed by atoms with Gasteiger partial charge in [0.1, 0.15) is 11.2 Å². The van der Waals surface area contributed by atoms with E-state index in [1.807, 2.05) is 11.0 Å². The molecule has 2 aromatic heterocycles. The molecule has 1 amide bonds. The SMILES string of the molecule is O=C(c1cnc2ccccn2c1=O)N1CCC[C@@H]2CN(CCc3ccccc3)CC[C@@H]21. The number of carbonyl (C=O) groups excluding carboxylic acids is 1. The highest BCUT2D eigenvalue weighted by Gasteiger charge is 2.38. The van der Waals surface area contributed by atoms with E-state index < -0.39 is 0 Å². The van der Waals surface area contributed by atoms with Crippen LogP contribution in [0.2, 0.25) is 0 Å². The van der Waals surface area contributed by atoms with Gasteiger partial charge in [0.25, 0.3) is 11.5 Å². The highest BCUT2D eigenvalue weighted by molar-refractivity contribution is 5.94. The van der Waals surface area contributed by atoms with E-state index in [-0.39, 0.29) is 23.1 Å². The summed E-state index contributed by atoms with van der Waals surface area (Å²) >= 11 is 0. The van der Waals surface area contributed by atoms with Crippen molar-refractivity contribution >= 4 is 11.6 Å². The summed E-state index contributed by atoms with van der Waals surface area (Å²) in [5, 5.41) is 0. The van der Waals surface area contributed by atoms with Gasteiger partial charge in [0.2, 0.25) is 0 Å². The Morgan fingerprint density at radius 3 is 2.74 bits per heavy atom. The minimum absolute atomic E-state index is 0.164. The lowest BCUT2D eigenvalue weighted by Crippen LogP contribution is -2.56. The van der Waals surface area contributed by atoms with Crippen molar-refractivity contribution in [1.29, 1.82) is 0 Å². The molecule has 160 valence electrons. The average molecular weight is 417 g/mol. The van der Waals surface area contributed by atoms with Gasteiger partial charge in [0.05, 0.1) is 0 Å². The quantitative estimate of drug-likeness (QED) is 0.656. The fourth-order valence-corrected chi connectivity index (χ4v) is 5.19. The molecular weight excluding hydrogens is 388 g/mol. The van der Waals surface area contributed by atoms with Crippen LogP contribution in [0.3, 0.4) is 0 Å². The van der Waals surface area contributed by atoms with Gasteiger partial charge in [-0.1, -0.05) is 36.4 Å². The van der Waals surface area contributed by atoms with E-state index in [1.54, 1.807) is 18.3 Å². The maximum absolute atomic E-state index is 13.4. The molecule has 0 N–H and O–H groups in total. The Kier molecular flexibility index (Phi) is 5.55. The highest BCUT2D eigenvalue weighted by atomic mass is 16.2. The molecule has 4 heterocycles. The van der Waals surface area contributed by atoms with E-state index >= 15 is 0 Å². The second kappa shape index (κ2) is 8.63. The number of hydrogen-bond donors (Lipinski definition) is 0. The van der Waals surface area contributed by atoms with Crippen molar-refractivity contribution in [3.63, 3.8) is 0 Å². The van der Waals surface area contributed by atoms with Crippen LogP contribution in [-0.2, 0) is 6.42 Å². The highest BCUT2D eigenvalue weighted by Crippen LogP contribution is 2.31. The van der Waals surface area contributed by atoms with Crippen LogP contribution < -0.4 is 5.56 Å². The van der Waals surface area contributed by atoms with Crippen LogP contribution in [0.1, 0.15) is 35.2 Å². The van der Waals surface area contributed by atoms with Crippen LogP contribution in [0.5, 0.6) is 0 Å². The third-order valence-electron chi connectivity index (χ3n) is 6.82. The number of pyridine rings is 1. The smallest absolute Gasteiger partial charge is 0.270 e. The van der Waals surface area contributed by atoms with Gasteiger partial charge >= 0.3 is 0 Å². The minimum Gasteiger partial charge on any atom is -0.335 e. The Labute approximate surface area is 182 Å². The van der Waals surface area contributed by atoms with Crippen LogP contribution >= 0.6 is 0 Å². The molecule has 2 aliphatic heterocycles. The summed E-state index contributed by atoms with van der Waals surface area (Å²) in [4.78, 5) is 35.1. The first-order valence-electron chi connectivity index (χ1n) is 11.2. The fourth-order valence-electron chi connectivity index (χ4n) is 5.19. The summed E-state index contributed by atoms with van der Waals surface area (Å²) in [6.07, 6.45) is 7.28. The van der Waals surface area contributed by atoms with Crippen LogP contribution in [0.15, 0.2) is 65.7 Å². The van der Waals surface area contributed by atoms with Gasteiger partial charge in [-0.2, -0.15) is 0 Å². The molecule has 31 heavy (non-hydrogen) atoms.